The number of anilines is 1. The lowest BCUT2D eigenvalue weighted by molar-refractivity contribution is -0.384. The Bertz CT molecular complexity index is 419. The molecule has 1 atom stereocenters. The monoisotopic (exact) mass is 347 g/mol. The SMILES string of the molecule is O=[N+]([O-])c1ccc(NCC2CCCN2)c(I)c1. The number of hydrogen-bond donors (Lipinski definition) is 2. The smallest absolute Gasteiger partial charge is 0.270 e. The first kappa shape index (κ1) is 12.6. The van der Waals surface area contributed by atoms with Gasteiger partial charge in [0.1, 0.15) is 0 Å². The molecule has 1 heterocycles. The van der Waals surface area contributed by atoms with Gasteiger partial charge in [-0.3, -0.25) is 10.1 Å². The highest BCUT2D eigenvalue weighted by Crippen LogP contribution is 2.23. The van der Waals surface area contributed by atoms with Gasteiger partial charge in [0.15, 0.2) is 0 Å². The van der Waals surface area contributed by atoms with Crippen molar-refractivity contribution >= 4 is 34.0 Å². The van der Waals surface area contributed by atoms with Gasteiger partial charge >= 0.3 is 0 Å². The Labute approximate surface area is 113 Å². The van der Waals surface area contributed by atoms with Gasteiger partial charge in [-0.1, -0.05) is 0 Å². The second-order valence-corrected chi connectivity index (χ2v) is 5.26. The van der Waals surface area contributed by atoms with Gasteiger partial charge < -0.3 is 10.6 Å². The summed E-state index contributed by atoms with van der Waals surface area (Å²) in [5.74, 6) is 0. The zero-order chi connectivity index (χ0) is 12.3. The third kappa shape index (κ3) is 3.29. The summed E-state index contributed by atoms with van der Waals surface area (Å²) in [6.07, 6.45) is 2.42. The van der Waals surface area contributed by atoms with Crippen molar-refractivity contribution in [2.45, 2.75) is 18.9 Å². The summed E-state index contributed by atoms with van der Waals surface area (Å²) < 4.78 is 0.884. The molecule has 0 bridgehead atoms. The zero-order valence-electron chi connectivity index (χ0n) is 9.28. The van der Waals surface area contributed by atoms with Crippen LogP contribution in [-0.4, -0.2) is 24.1 Å². The lowest BCUT2D eigenvalue weighted by Gasteiger charge is -2.13. The summed E-state index contributed by atoms with van der Waals surface area (Å²) in [6.45, 7) is 1.96. The van der Waals surface area contributed by atoms with Crippen LogP contribution >= 0.6 is 22.6 Å². The molecule has 0 radical (unpaired) electrons. The van der Waals surface area contributed by atoms with Crippen LogP contribution in [0.15, 0.2) is 18.2 Å². The van der Waals surface area contributed by atoms with Crippen LogP contribution in [0.25, 0.3) is 0 Å². The summed E-state index contributed by atoms with van der Waals surface area (Å²) in [7, 11) is 0. The van der Waals surface area contributed by atoms with Gasteiger partial charge in [-0.2, -0.15) is 0 Å². The molecule has 6 heteroatoms. The summed E-state index contributed by atoms with van der Waals surface area (Å²) in [4.78, 5) is 10.2. The number of halogens is 1. The van der Waals surface area contributed by atoms with Crippen LogP contribution < -0.4 is 10.6 Å². The quantitative estimate of drug-likeness (QED) is 0.499. The molecule has 1 fully saturated rings. The Balaban J connectivity index is 1.98. The standard InChI is InChI=1S/C11H14IN3O2/c12-10-6-9(15(16)17)3-4-11(10)14-7-8-2-1-5-13-8/h3-4,6,8,13-14H,1-2,5,7H2. The van der Waals surface area contributed by atoms with Crippen molar-refractivity contribution in [2.24, 2.45) is 0 Å². The van der Waals surface area contributed by atoms with E-state index in [0.717, 1.165) is 22.3 Å². The molecule has 1 aromatic carbocycles. The second kappa shape index (κ2) is 5.63. The molecular weight excluding hydrogens is 333 g/mol. The van der Waals surface area contributed by atoms with Gasteiger partial charge in [-0.05, 0) is 48.0 Å². The molecule has 17 heavy (non-hydrogen) atoms. The maximum Gasteiger partial charge on any atom is 0.270 e. The van der Waals surface area contributed by atoms with Crippen molar-refractivity contribution in [1.82, 2.24) is 5.32 Å². The molecule has 5 nitrogen and oxygen atoms in total. The van der Waals surface area contributed by atoms with Crippen molar-refractivity contribution in [3.05, 3.63) is 31.9 Å². The third-order valence-corrected chi connectivity index (χ3v) is 3.76. The van der Waals surface area contributed by atoms with Crippen LogP contribution in [0.5, 0.6) is 0 Å². The number of nitrogens with zero attached hydrogens (tertiary/aromatic N) is 1. The van der Waals surface area contributed by atoms with E-state index in [1.165, 1.54) is 18.9 Å². The number of rotatable bonds is 4. The summed E-state index contributed by atoms with van der Waals surface area (Å²) in [5.41, 5.74) is 1.10. The lowest BCUT2D eigenvalue weighted by atomic mass is 10.2. The molecule has 1 aliphatic heterocycles. The van der Waals surface area contributed by atoms with E-state index in [1.54, 1.807) is 12.1 Å². The van der Waals surface area contributed by atoms with E-state index >= 15 is 0 Å². The predicted octanol–water partition coefficient (Wildman–Crippen LogP) is 2.36. The van der Waals surface area contributed by atoms with Crippen LogP contribution in [-0.2, 0) is 0 Å². The van der Waals surface area contributed by atoms with Gasteiger partial charge in [0.25, 0.3) is 5.69 Å². The first-order chi connectivity index (χ1) is 8.16. The minimum absolute atomic E-state index is 0.138. The van der Waals surface area contributed by atoms with Crippen molar-refractivity contribution in [3.63, 3.8) is 0 Å². The van der Waals surface area contributed by atoms with Crippen LogP contribution in [0.4, 0.5) is 11.4 Å². The van der Waals surface area contributed by atoms with Gasteiger partial charge in [-0.25, -0.2) is 0 Å². The van der Waals surface area contributed by atoms with Crippen LogP contribution in [0.2, 0.25) is 0 Å². The molecule has 0 saturated carbocycles. The topological polar surface area (TPSA) is 67.2 Å². The number of benzene rings is 1. The van der Waals surface area contributed by atoms with Gasteiger partial charge in [0.05, 0.1) is 4.92 Å². The van der Waals surface area contributed by atoms with Gasteiger partial charge in [0, 0.05) is 34.0 Å². The zero-order valence-corrected chi connectivity index (χ0v) is 11.4. The van der Waals surface area contributed by atoms with Gasteiger partial charge in [0.2, 0.25) is 0 Å². The van der Waals surface area contributed by atoms with E-state index < -0.39 is 0 Å². The Kier molecular flexibility index (Phi) is 4.16. The molecule has 1 saturated heterocycles. The van der Waals surface area contributed by atoms with E-state index in [0.29, 0.717) is 6.04 Å². The minimum atomic E-state index is -0.371. The maximum atomic E-state index is 10.6. The molecule has 1 aromatic rings. The Morgan fingerprint density at radius 3 is 3.00 bits per heavy atom. The van der Waals surface area contributed by atoms with Crippen LogP contribution in [0.1, 0.15) is 12.8 Å². The number of nitro groups is 1. The Hall–Kier alpha value is -0.890. The Morgan fingerprint density at radius 2 is 2.41 bits per heavy atom. The lowest BCUT2D eigenvalue weighted by Crippen LogP contribution is -2.29. The van der Waals surface area contributed by atoms with E-state index in [2.05, 4.69) is 33.2 Å². The maximum absolute atomic E-state index is 10.6. The first-order valence-corrected chi connectivity index (χ1v) is 6.66. The van der Waals surface area contributed by atoms with Crippen LogP contribution in [0.3, 0.4) is 0 Å². The second-order valence-electron chi connectivity index (χ2n) is 4.10. The van der Waals surface area contributed by atoms with E-state index in [1.807, 2.05) is 0 Å². The highest BCUT2D eigenvalue weighted by Gasteiger charge is 2.14. The normalized spacial score (nSPS) is 19.2. The number of non-ortho nitro benzene ring substituents is 1. The molecule has 92 valence electrons. The molecule has 1 aliphatic rings. The highest BCUT2D eigenvalue weighted by molar-refractivity contribution is 14.1. The average molecular weight is 347 g/mol. The number of hydrogen-bond acceptors (Lipinski definition) is 4. The minimum Gasteiger partial charge on any atom is -0.383 e. The molecule has 0 amide bonds. The number of nitrogens with one attached hydrogen (secondary N) is 2. The fraction of sp³-hybridized carbons (Fsp3) is 0.455. The molecule has 0 aromatic heterocycles. The van der Waals surface area contributed by atoms with Crippen molar-refractivity contribution in [3.8, 4) is 0 Å². The average Bonchev–Trinajstić information content (AvgIpc) is 2.80. The van der Waals surface area contributed by atoms with Crippen molar-refractivity contribution in [2.75, 3.05) is 18.4 Å². The largest absolute Gasteiger partial charge is 0.383 e. The highest BCUT2D eigenvalue weighted by atomic mass is 127. The first-order valence-electron chi connectivity index (χ1n) is 5.58. The molecule has 0 spiro atoms. The van der Waals surface area contributed by atoms with Gasteiger partial charge in [-0.15, -0.1) is 0 Å². The molecule has 1 unspecified atom stereocenters. The summed E-state index contributed by atoms with van der Waals surface area (Å²) in [5, 5.41) is 17.3. The third-order valence-electron chi connectivity index (χ3n) is 2.86. The fourth-order valence-electron chi connectivity index (χ4n) is 1.93. The number of nitro benzene ring substituents is 1. The van der Waals surface area contributed by atoms with E-state index in [9.17, 15) is 10.1 Å². The summed E-state index contributed by atoms with van der Waals surface area (Å²) in [6, 6.07) is 5.41. The fourth-order valence-corrected chi connectivity index (χ4v) is 2.61. The van der Waals surface area contributed by atoms with E-state index in [-0.39, 0.29) is 10.6 Å². The molecule has 2 N–H and O–H groups in total. The molecule has 2 rings (SSSR count). The molecule has 0 aliphatic carbocycles. The van der Waals surface area contributed by atoms with Crippen molar-refractivity contribution in [1.29, 1.82) is 0 Å². The summed E-state index contributed by atoms with van der Waals surface area (Å²) >= 11 is 2.12. The molecular formula is C11H14IN3O2. The van der Waals surface area contributed by atoms with Crippen LogP contribution in [0, 0.1) is 13.7 Å². The van der Waals surface area contributed by atoms with E-state index in [4.69, 9.17) is 0 Å². The Morgan fingerprint density at radius 1 is 1.59 bits per heavy atom. The predicted molar refractivity (Wildman–Crippen MR) is 75.3 cm³/mol. The van der Waals surface area contributed by atoms with Crippen molar-refractivity contribution < 1.29 is 4.92 Å².